The number of hydrogen-bond acceptors (Lipinski definition) is 4. The molecule has 33 heavy (non-hydrogen) atoms. The third kappa shape index (κ3) is 5.88. The number of amides is 1. The van der Waals surface area contributed by atoms with Crippen molar-refractivity contribution in [1.29, 1.82) is 0 Å². The zero-order chi connectivity index (χ0) is 23.3. The fourth-order valence-corrected chi connectivity index (χ4v) is 5.88. The Morgan fingerprint density at radius 3 is 2.18 bits per heavy atom. The van der Waals surface area contributed by atoms with Crippen LogP contribution in [0.25, 0.3) is 6.08 Å². The first kappa shape index (κ1) is 23.6. The van der Waals surface area contributed by atoms with Crippen LogP contribution in [0, 0.1) is 11.7 Å². The van der Waals surface area contributed by atoms with Crippen molar-refractivity contribution in [3.63, 3.8) is 0 Å². The second-order valence-corrected chi connectivity index (χ2v) is 10.5. The number of rotatable bonds is 6. The Labute approximate surface area is 195 Å². The summed E-state index contributed by atoms with van der Waals surface area (Å²) in [4.78, 5) is 17.4. The molecule has 0 saturated carbocycles. The highest BCUT2D eigenvalue weighted by Gasteiger charge is 2.34. The number of piperidine rings is 1. The summed E-state index contributed by atoms with van der Waals surface area (Å²) in [5.74, 6) is -0.479. The third-order valence-corrected chi connectivity index (χ3v) is 8.32. The van der Waals surface area contributed by atoms with Crippen molar-refractivity contribution in [2.75, 3.05) is 45.8 Å². The molecule has 0 unspecified atom stereocenters. The van der Waals surface area contributed by atoms with Gasteiger partial charge in [-0.3, -0.25) is 9.69 Å². The van der Waals surface area contributed by atoms with Gasteiger partial charge in [-0.2, -0.15) is 4.31 Å². The largest absolute Gasteiger partial charge is 0.340 e. The second-order valence-electron chi connectivity index (χ2n) is 8.57. The van der Waals surface area contributed by atoms with E-state index in [4.69, 9.17) is 0 Å². The van der Waals surface area contributed by atoms with Crippen molar-refractivity contribution in [1.82, 2.24) is 14.1 Å². The summed E-state index contributed by atoms with van der Waals surface area (Å²) in [6.07, 6.45) is 5.30. The van der Waals surface area contributed by atoms with Crippen molar-refractivity contribution in [3.05, 3.63) is 72.1 Å². The monoisotopic (exact) mass is 471 g/mol. The van der Waals surface area contributed by atoms with Gasteiger partial charge >= 0.3 is 0 Å². The summed E-state index contributed by atoms with van der Waals surface area (Å²) in [5, 5.41) is 0. The normalized spacial score (nSPS) is 19.2. The van der Waals surface area contributed by atoms with E-state index in [0.717, 1.165) is 31.8 Å². The number of halogens is 1. The maximum atomic E-state index is 13.1. The average Bonchev–Trinajstić information content (AvgIpc) is 2.85. The molecule has 176 valence electrons. The average molecular weight is 472 g/mol. The summed E-state index contributed by atoms with van der Waals surface area (Å²) in [6.45, 7) is 4.54. The van der Waals surface area contributed by atoms with Gasteiger partial charge in [0.05, 0.1) is 4.90 Å². The van der Waals surface area contributed by atoms with Crippen LogP contribution in [0.4, 0.5) is 4.39 Å². The first-order valence-corrected chi connectivity index (χ1v) is 12.9. The van der Waals surface area contributed by atoms with Crippen molar-refractivity contribution >= 4 is 22.0 Å². The Balaban J connectivity index is 1.23. The van der Waals surface area contributed by atoms with Gasteiger partial charge in [-0.05, 0) is 42.7 Å². The molecule has 0 atom stereocenters. The van der Waals surface area contributed by atoms with E-state index in [9.17, 15) is 17.6 Å². The molecule has 2 aromatic rings. The lowest BCUT2D eigenvalue weighted by molar-refractivity contribution is -0.138. The van der Waals surface area contributed by atoms with Crippen LogP contribution in [0.2, 0.25) is 0 Å². The number of carbonyl (C=O) groups is 1. The molecule has 4 rings (SSSR count). The molecule has 6 nitrogen and oxygen atoms in total. The van der Waals surface area contributed by atoms with Gasteiger partial charge in [-0.25, -0.2) is 12.8 Å². The van der Waals surface area contributed by atoms with E-state index < -0.39 is 15.8 Å². The highest BCUT2D eigenvalue weighted by Crippen LogP contribution is 2.25. The lowest BCUT2D eigenvalue weighted by Gasteiger charge is -2.38. The van der Waals surface area contributed by atoms with Gasteiger partial charge in [-0.1, -0.05) is 42.5 Å². The topological polar surface area (TPSA) is 60.9 Å². The predicted molar refractivity (Wildman–Crippen MR) is 126 cm³/mol. The van der Waals surface area contributed by atoms with Crippen LogP contribution in [0.1, 0.15) is 18.4 Å². The minimum atomic E-state index is -3.66. The number of sulfonamides is 1. The summed E-state index contributed by atoms with van der Waals surface area (Å²) < 4.78 is 40.1. The number of benzene rings is 2. The molecule has 2 saturated heterocycles. The van der Waals surface area contributed by atoms with Crippen molar-refractivity contribution in [2.45, 2.75) is 17.7 Å². The van der Waals surface area contributed by atoms with Crippen LogP contribution in [0.3, 0.4) is 0 Å². The summed E-state index contributed by atoms with van der Waals surface area (Å²) in [6, 6.07) is 15.1. The van der Waals surface area contributed by atoms with Gasteiger partial charge < -0.3 is 4.90 Å². The quantitative estimate of drug-likeness (QED) is 0.650. The van der Waals surface area contributed by atoms with Crippen LogP contribution >= 0.6 is 0 Å². The van der Waals surface area contributed by atoms with Crippen molar-refractivity contribution in [3.8, 4) is 0 Å². The molecule has 2 aliphatic rings. The van der Waals surface area contributed by atoms with E-state index in [-0.39, 0.29) is 16.7 Å². The highest BCUT2D eigenvalue weighted by molar-refractivity contribution is 7.89. The van der Waals surface area contributed by atoms with Crippen LogP contribution in [0.15, 0.2) is 65.6 Å². The van der Waals surface area contributed by atoms with Gasteiger partial charge in [0.15, 0.2) is 0 Å². The minimum absolute atomic E-state index is 0.0890. The Morgan fingerprint density at radius 2 is 1.55 bits per heavy atom. The van der Waals surface area contributed by atoms with Gasteiger partial charge in [0.25, 0.3) is 0 Å². The summed E-state index contributed by atoms with van der Waals surface area (Å²) >= 11 is 0. The van der Waals surface area contributed by atoms with E-state index in [1.165, 1.54) is 22.0 Å². The van der Waals surface area contributed by atoms with Gasteiger partial charge in [0.1, 0.15) is 5.82 Å². The smallest absolute Gasteiger partial charge is 0.243 e. The molecule has 0 aromatic heterocycles. The van der Waals surface area contributed by atoms with E-state index in [2.05, 4.69) is 29.2 Å². The SMILES string of the molecule is O=C(C1CCN(S(=O)(=O)c2ccc(F)cc2)CC1)N1CCN(C/C=C/c2ccccc2)CC1. The molecule has 0 bridgehead atoms. The van der Waals surface area contributed by atoms with Gasteiger partial charge in [-0.15, -0.1) is 0 Å². The summed E-state index contributed by atoms with van der Waals surface area (Å²) in [7, 11) is -3.66. The first-order chi connectivity index (χ1) is 15.9. The van der Waals surface area contributed by atoms with Crippen molar-refractivity contribution < 1.29 is 17.6 Å². The van der Waals surface area contributed by atoms with Crippen molar-refractivity contribution in [2.24, 2.45) is 5.92 Å². The fraction of sp³-hybridized carbons (Fsp3) is 0.400. The predicted octanol–water partition coefficient (Wildman–Crippen LogP) is 3.08. The molecule has 8 heteroatoms. The molecule has 0 radical (unpaired) electrons. The maximum Gasteiger partial charge on any atom is 0.243 e. The Hall–Kier alpha value is -2.55. The highest BCUT2D eigenvalue weighted by atomic mass is 32.2. The number of piperazine rings is 1. The molecule has 1 amide bonds. The van der Waals surface area contributed by atoms with Crippen LogP contribution in [-0.4, -0.2) is 74.2 Å². The molecule has 0 spiro atoms. The molecular formula is C25H30FN3O3S. The molecule has 0 aliphatic carbocycles. The Morgan fingerprint density at radius 1 is 0.909 bits per heavy atom. The first-order valence-electron chi connectivity index (χ1n) is 11.4. The maximum absolute atomic E-state index is 13.1. The lowest BCUT2D eigenvalue weighted by Crippen LogP contribution is -2.51. The standard InChI is InChI=1S/C25H30FN3O3S/c26-23-8-10-24(11-9-23)33(31,32)29-15-12-22(13-16-29)25(30)28-19-17-27(18-20-28)14-4-7-21-5-2-1-3-6-21/h1-11,22H,12-20H2/b7-4+. The van der Waals surface area contributed by atoms with Crippen LogP contribution in [0.5, 0.6) is 0 Å². The van der Waals surface area contributed by atoms with Crippen LogP contribution < -0.4 is 0 Å². The number of carbonyl (C=O) groups excluding carboxylic acids is 1. The molecule has 0 N–H and O–H groups in total. The van der Waals surface area contributed by atoms with Gasteiger partial charge in [0, 0.05) is 51.7 Å². The van der Waals surface area contributed by atoms with Crippen LogP contribution in [-0.2, 0) is 14.8 Å². The second kappa shape index (κ2) is 10.6. The van der Waals surface area contributed by atoms with E-state index in [1.807, 2.05) is 23.1 Å². The molecule has 2 heterocycles. The Bertz CT molecular complexity index is 1060. The third-order valence-electron chi connectivity index (χ3n) is 6.41. The fourth-order valence-electron chi connectivity index (χ4n) is 4.41. The molecule has 2 aliphatic heterocycles. The number of nitrogens with zero attached hydrogens (tertiary/aromatic N) is 3. The molecule has 2 aromatic carbocycles. The van der Waals surface area contributed by atoms with E-state index in [0.29, 0.717) is 39.0 Å². The zero-order valence-corrected chi connectivity index (χ0v) is 19.5. The zero-order valence-electron chi connectivity index (χ0n) is 18.6. The lowest BCUT2D eigenvalue weighted by atomic mass is 9.96. The molecular weight excluding hydrogens is 441 g/mol. The number of hydrogen-bond donors (Lipinski definition) is 0. The summed E-state index contributed by atoms with van der Waals surface area (Å²) in [5.41, 5.74) is 1.18. The van der Waals surface area contributed by atoms with E-state index in [1.54, 1.807) is 0 Å². The van der Waals surface area contributed by atoms with E-state index >= 15 is 0 Å². The Kier molecular flexibility index (Phi) is 7.57. The minimum Gasteiger partial charge on any atom is -0.340 e. The van der Waals surface area contributed by atoms with Gasteiger partial charge in [0.2, 0.25) is 15.9 Å². The molecule has 2 fully saturated rings.